The van der Waals surface area contributed by atoms with E-state index in [1.165, 1.54) is 24.3 Å². The Morgan fingerprint density at radius 2 is 2.50 bits per heavy atom. The third-order valence-electron chi connectivity index (χ3n) is 2.34. The van der Waals surface area contributed by atoms with Crippen LogP contribution < -0.4 is 0 Å². The lowest BCUT2D eigenvalue weighted by molar-refractivity contribution is 0.251. The first-order valence-corrected chi connectivity index (χ1v) is 5.65. The van der Waals surface area contributed by atoms with Crippen molar-refractivity contribution in [1.29, 1.82) is 5.26 Å². The van der Waals surface area contributed by atoms with Gasteiger partial charge in [0, 0.05) is 24.8 Å². The zero-order chi connectivity index (χ0) is 8.81. The van der Waals surface area contributed by atoms with Crippen LogP contribution in [-0.2, 0) is 0 Å². The molecule has 1 fully saturated rings. The van der Waals surface area contributed by atoms with E-state index in [1.807, 2.05) is 11.8 Å². The first kappa shape index (κ1) is 9.88. The van der Waals surface area contributed by atoms with Gasteiger partial charge in [0.1, 0.15) is 0 Å². The zero-order valence-electron chi connectivity index (χ0n) is 7.62. The second-order valence-electron chi connectivity index (χ2n) is 3.26. The molecule has 0 radical (unpaired) electrons. The van der Waals surface area contributed by atoms with Crippen LogP contribution in [0, 0.1) is 11.3 Å². The summed E-state index contributed by atoms with van der Waals surface area (Å²) < 4.78 is 0. The molecule has 1 aliphatic heterocycles. The van der Waals surface area contributed by atoms with Crippen LogP contribution in [-0.4, -0.2) is 36.0 Å². The fraction of sp³-hybridized carbons (Fsp3) is 0.889. The molecule has 68 valence electrons. The molecule has 12 heavy (non-hydrogen) atoms. The van der Waals surface area contributed by atoms with Gasteiger partial charge in [-0.1, -0.05) is 0 Å². The molecule has 2 nitrogen and oxygen atoms in total. The molecule has 0 aliphatic carbocycles. The minimum atomic E-state index is 0.664. The summed E-state index contributed by atoms with van der Waals surface area (Å²) in [5, 5.41) is 8.43. The van der Waals surface area contributed by atoms with Crippen LogP contribution in [0.2, 0.25) is 0 Å². The van der Waals surface area contributed by atoms with Gasteiger partial charge in [0.25, 0.3) is 0 Å². The summed E-state index contributed by atoms with van der Waals surface area (Å²) in [6, 6.07) is 2.91. The maximum absolute atomic E-state index is 8.43. The molecule has 3 heteroatoms. The smallest absolute Gasteiger partial charge is 0.0635 e. The van der Waals surface area contributed by atoms with Crippen molar-refractivity contribution >= 4 is 11.8 Å². The highest BCUT2D eigenvalue weighted by atomic mass is 32.2. The summed E-state index contributed by atoms with van der Waals surface area (Å²) in [7, 11) is 2.13. The van der Waals surface area contributed by atoms with Gasteiger partial charge in [0.15, 0.2) is 0 Å². The fourth-order valence-electron chi connectivity index (χ4n) is 1.48. The third kappa shape index (κ3) is 3.04. The van der Waals surface area contributed by atoms with Crippen LogP contribution in [0.5, 0.6) is 0 Å². The van der Waals surface area contributed by atoms with E-state index in [4.69, 9.17) is 5.26 Å². The first-order valence-electron chi connectivity index (χ1n) is 4.49. The lowest BCUT2D eigenvalue weighted by Gasteiger charge is -2.30. The largest absolute Gasteiger partial charge is 0.302 e. The number of thioether (sulfide) groups is 1. The lowest BCUT2D eigenvalue weighted by atomic mass is 10.1. The molecule has 0 saturated carbocycles. The molecule has 1 atom stereocenters. The van der Waals surface area contributed by atoms with Gasteiger partial charge in [-0.2, -0.15) is 17.0 Å². The Kier molecular flexibility index (Phi) is 4.49. The number of hydrogen-bond acceptors (Lipinski definition) is 3. The van der Waals surface area contributed by atoms with Crippen LogP contribution >= 0.6 is 11.8 Å². The normalized spacial score (nSPS) is 23.9. The summed E-state index contributed by atoms with van der Waals surface area (Å²) in [6.07, 6.45) is 3.32. The zero-order valence-corrected chi connectivity index (χ0v) is 8.44. The van der Waals surface area contributed by atoms with E-state index in [-0.39, 0.29) is 0 Å². The maximum atomic E-state index is 8.43. The van der Waals surface area contributed by atoms with Gasteiger partial charge in [-0.15, -0.1) is 0 Å². The van der Waals surface area contributed by atoms with Gasteiger partial charge < -0.3 is 4.90 Å². The number of nitriles is 1. The van der Waals surface area contributed by atoms with Crippen molar-refractivity contribution in [3.05, 3.63) is 0 Å². The highest BCUT2D eigenvalue weighted by molar-refractivity contribution is 7.99. The quantitative estimate of drug-likeness (QED) is 0.668. The van der Waals surface area contributed by atoms with E-state index < -0.39 is 0 Å². The predicted molar refractivity (Wildman–Crippen MR) is 53.2 cm³/mol. The van der Waals surface area contributed by atoms with Gasteiger partial charge >= 0.3 is 0 Å². The van der Waals surface area contributed by atoms with Crippen molar-refractivity contribution in [2.45, 2.75) is 25.3 Å². The molecule has 1 heterocycles. The molecule has 0 aromatic rings. The van der Waals surface area contributed by atoms with Crippen LogP contribution in [0.4, 0.5) is 0 Å². The highest BCUT2D eigenvalue weighted by Gasteiger charge is 2.17. The van der Waals surface area contributed by atoms with Crippen molar-refractivity contribution in [1.82, 2.24) is 4.90 Å². The summed E-state index contributed by atoms with van der Waals surface area (Å²) in [5.74, 6) is 2.57. The standard InChI is InChI=1S/C9H16N2S/c1-11(6-3-5-10)9-4-2-7-12-8-9/h9H,2-4,6-8H2,1H3. The van der Waals surface area contributed by atoms with E-state index in [9.17, 15) is 0 Å². The molecule has 0 amide bonds. The van der Waals surface area contributed by atoms with E-state index >= 15 is 0 Å². The van der Waals surface area contributed by atoms with E-state index in [2.05, 4.69) is 18.0 Å². The second kappa shape index (κ2) is 5.45. The summed E-state index contributed by atoms with van der Waals surface area (Å²) >= 11 is 2.04. The van der Waals surface area contributed by atoms with E-state index in [0.717, 1.165) is 12.6 Å². The van der Waals surface area contributed by atoms with Gasteiger partial charge in [0.05, 0.1) is 6.07 Å². The molecule has 0 spiro atoms. The van der Waals surface area contributed by atoms with E-state index in [0.29, 0.717) is 6.42 Å². The Hall–Kier alpha value is -0.200. The van der Waals surface area contributed by atoms with Gasteiger partial charge in [-0.3, -0.25) is 0 Å². The van der Waals surface area contributed by atoms with Crippen LogP contribution in [0.3, 0.4) is 0 Å². The Labute approximate surface area is 78.9 Å². The lowest BCUT2D eigenvalue weighted by Crippen LogP contribution is -2.36. The molecule has 0 aromatic carbocycles. The van der Waals surface area contributed by atoms with Gasteiger partial charge in [-0.25, -0.2) is 0 Å². The minimum Gasteiger partial charge on any atom is -0.302 e. The monoisotopic (exact) mass is 184 g/mol. The molecule has 0 bridgehead atoms. The average molecular weight is 184 g/mol. The first-order chi connectivity index (χ1) is 5.84. The molecule has 1 unspecified atom stereocenters. The van der Waals surface area contributed by atoms with Crippen LogP contribution in [0.15, 0.2) is 0 Å². The number of hydrogen-bond donors (Lipinski definition) is 0. The molecule has 0 N–H and O–H groups in total. The van der Waals surface area contributed by atoms with E-state index in [1.54, 1.807) is 0 Å². The Morgan fingerprint density at radius 1 is 1.67 bits per heavy atom. The van der Waals surface area contributed by atoms with Crippen LogP contribution in [0.25, 0.3) is 0 Å². The number of rotatable bonds is 3. The predicted octanol–water partition coefficient (Wildman–Crippen LogP) is 1.73. The van der Waals surface area contributed by atoms with Crippen molar-refractivity contribution in [3.8, 4) is 6.07 Å². The van der Waals surface area contributed by atoms with Crippen molar-refractivity contribution in [3.63, 3.8) is 0 Å². The van der Waals surface area contributed by atoms with Crippen LogP contribution in [0.1, 0.15) is 19.3 Å². The molecular formula is C9H16N2S. The Morgan fingerprint density at radius 3 is 3.08 bits per heavy atom. The van der Waals surface area contributed by atoms with Crippen molar-refractivity contribution in [2.24, 2.45) is 0 Å². The minimum absolute atomic E-state index is 0.664. The SMILES string of the molecule is CN(CCC#N)C1CCCSC1. The second-order valence-corrected chi connectivity index (χ2v) is 4.41. The van der Waals surface area contributed by atoms with Gasteiger partial charge in [-0.05, 0) is 25.6 Å². The fourth-order valence-corrected chi connectivity index (χ4v) is 2.71. The number of nitrogens with zero attached hydrogens (tertiary/aromatic N) is 2. The molecular weight excluding hydrogens is 168 g/mol. The summed E-state index contributed by atoms with van der Waals surface area (Å²) in [4.78, 5) is 2.33. The highest BCUT2D eigenvalue weighted by Crippen LogP contribution is 2.20. The molecule has 0 aromatic heterocycles. The summed E-state index contributed by atoms with van der Waals surface area (Å²) in [5.41, 5.74) is 0. The third-order valence-corrected chi connectivity index (χ3v) is 3.53. The topological polar surface area (TPSA) is 27.0 Å². The Balaban J connectivity index is 2.21. The molecule has 1 saturated heterocycles. The molecule has 1 rings (SSSR count). The van der Waals surface area contributed by atoms with Gasteiger partial charge in [0.2, 0.25) is 0 Å². The average Bonchev–Trinajstić information content (AvgIpc) is 2.15. The Bertz CT molecular complexity index is 158. The van der Waals surface area contributed by atoms with Crippen molar-refractivity contribution < 1.29 is 0 Å². The summed E-state index contributed by atoms with van der Waals surface area (Å²) in [6.45, 7) is 0.932. The molecule has 1 aliphatic rings. The maximum Gasteiger partial charge on any atom is 0.0635 e. The van der Waals surface area contributed by atoms with Crippen molar-refractivity contribution in [2.75, 3.05) is 25.1 Å².